The summed E-state index contributed by atoms with van der Waals surface area (Å²) in [5.74, 6) is -0.110. The molecule has 0 saturated heterocycles. The quantitative estimate of drug-likeness (QED) is 0.557. The molecule has 0 atom stereocenters. The molecule has 0 aliphatic heterocycles. The second-order valence-electron chi connectivity index (χ2n) is 6.25. The highest BCUT2D eigenvalue weighted by Crippen LogP contribution is 2.27. The third-order valence-corrected chi connectivity index (χ3v) is 4.33. The van der Waals surface area contributed by atoms with Crippen molar-refractivity contribution in [1.82, 2.24) is 9.78 Å². The Labute approximate surface area is 158 Å². The summed E-state index contributed by atoms with van der Waals surface area (Å²) in [5.41, 5.74) is 4.94. The van der Waals surface area contributed by atoms with E-state index in [2.05, 4.69) is 10.4 Å². The summed E-state index contributed by atoms with van der Waals surface area (Å²) in [5, 5.41) is 7.32. The van der Waals surface area contributed by atoms with Gasteiger partial charge in [-0.3, -0.25) is 9.48 Å². The van der Waals surface area contributed by atoms with Gasteiger partial charge in [0.15, 0.2) is 0 Å². The molecule has 3 aromatic carbocycles. The largest absolute Gasteiger partial charge is 0.324 e. The molecule has 4 heteroatoms. The van der Waals surface area contributed by atoms with Crippen LogP contribution < -0.4 is 5.32 Å². The molecule has 1 heterocycles. The maximum absolute atomic E-state index is 12.5. The van der Waals surface area contributed by atoms with Crippen molar-refractivity contribution in [3.8, 4) is 22.3 Å². The Morgan fingerprint density at radius 3 is 2.15 bits per heavy atom. The number of hydrogen-bond donors (Lipinski definition) is 1. The molecule has 27 heavy (non-hydrogen) atoms. The highest BCUT2D eigenvalue weighted by molar-refractivity contribution is 5.95. The summed E-state index contributed by atoms with van der Waals surface area (Å²) in [6, 6.07) is 27.8. The van der Waals surface area contributed by atoms with Gasteiger partial charge in [0.2, 0.25) is 5.91 Å². The third kappa shape index (κ3) is 3.96. The van der Waals surface area contributed by atoms with Crippen LogP contribution in [0.2, 0.25) is 0 Å². The number of anilines is 1. The van der Waals surface area contributed by atoms with Crippen LogP contribution in [0.15, 0.2) is 97.3 Å². The van der Waals surface area contributed by atoms with E-state index in [0.717, 1.165) is 27.9 Å². The molecule has 0 spiro atoms. The number of carbonyl (C=O) groups excluding carboxylic acids is 1. The fourth-order valence-corrected chi connectivity index (χ4v) is 3.03. The standard InChI is InChI=1S/C23H19N3O/c27-23(17-26-16-20(15-24-26)18-9-3-1-4-10-18)25-22-14-8-7-13-21(22)19-11-5-2-6-12-19/h1-16H,17H2,(H,25,27). The molecule has 1 N–H and O–H groups in total. The Kier molecular flexibility index (Phi) is 4.79. The molecule has 4 rings (SSSR count). The number of benzene rings is 3. The number of amides is 1. The fraction of sp³-hybridized carbons (Fsp3) is 0.0435. The zero-order chi connectivity index (χ0) is 18.5. The van der Waals surface area contributed by atoms with E-state index in [1.165, 1.54) is 0 Å². The minimum absolute atomic E-state index is 0.110. The molecule has 0 radical (unpaired) electrons. The summed E-state index contributed by atoms with van der Waals surface area (Å²) in [6.07, 6.45) is 3.67. The summed E-state index contributed by atoms with van der Waals surface area (Å²) in [7, 11) is 0. The Morgan fingerprint density at radius 2 is 1.41 bits per heavy atom. The van der Waals surface area contributed by atoms with Crippen LogP contribution in [0.1, 0.15) is 0 Å². The van der Waals surface area contributed by atoms with Gasteiger partial charge in [-0.15, -0.1) is 0 Å². The molecule has 132 valence electrons. The average molecular weight is 353 g/mol. The smallest absolute Gasteiger partial charge is 0.246 e. The number of aromatic nitrogens is 2. The molecule has 0 fully saturated rings. The maximum Gasteiger partial charge on any atom is 0.246 e. The van der Waals surface area contributed by atoms with Gasteiger partial charge in [-0.1, -0.05) is 78.9 Å². The van der Waals surface area contributed by atoms with Crippen molar-refractivity contribution in [2.75, 3.05) is 5.32 Å². The van der Waals surface area contributed by atoms with Crippen LogP contribution in [-0.4, -0.2) is 15.7 Å². The molecule has 0 aliphatic carbocycles. The summed E-state index contributed by atoms with van der Waals surface area (Å²) >= 11 is 0. The van der Waals surface area contributed by atoms with Gasteiger partial charge < -0.3 is 5.32 Å². The normalized spacial score (nSPS) is 10.5. The van der Waals surface area contributed by atoms with Gasteiger partial charge in [0, 0.05) is 23.0 Å². The summed E-state index contributed by atoms with van der Waals surface area (Å²) < 4.78 is 1.66. The minimum Gasteiger partial charge on any atom is -0.324 e. The van der Waals surface area contributed by atoms with Crippen molar-refractivity contribution >= 4 is 11.6 Å². The van der Waals surface area contributed by atoms with Crippen molar-refractivity contribution in [1.29, 1.82) is 0 Å². The molecular formula is C23H19N3O. The topological polar surface area (TPSA) is 46.9 Å². The second kappa shape index (κ2) is 7.70. The van der Waals surface area contributed by atoms with Crippen molar-refractivity contribution in [2.24, 2.45) is 0 Å². The first-order valence-corrected chi connectivity index (χ1v) is 8.82. The van der Waals surface area contributed by atoms with Crippen LogP contribution in [-0.2, 0) is 11.3 Å². The van der Waals surface area contributed by atoms with Crippen molar-refractivity contribution < 1.29 is 4.79 Å². The maximum atomic E-state index is 12.5. The molecular weight excluding hydrogens is 334 g/mol. The van der Waals surface area contributed by atoms with Gasteiger partial charge in [-0.05, 0) is 17.2 Å². The van der Waals surface area contributed by atoms with Crippen molar-refractivity contribution in [3.63, 3.8) is 0 Å². The number of nitrogens with zero attached hydrogens (tertiary/aromatic N) is 2. The van der Waals surface area contributed by atoms with Crippen LogP contribution in [0.25, 0.3) is 22.3 Å². The van der Waals surface area contributed by atoms with E-state index in [1.807, 2.05) is 91.1 Å². The van der Waals surface area contributed by atoms with Crippen molar-refractivity contribution in [3.05, 3.63) is 97.3 Å². The Hall–Kier alpha value is -3.66. The first kappa shape index (κ1) is 16.8. The van der Waals surface area contributed by atoms with Crippen LogP contribution in [0.5, 0.6) is 0 Å². The fourth-order valence-electron chi connectivity index (χ4n) is 3.03. The lowest BCUT2D eigenvalue weighted by atomic mass is 10.0. The number of carbonyl (C=O) groups is 1. The van der Waals surface area contributed by atoms with Crippen LogP contribution in [0.3, 0.4) is 0 Å². The Balaban J connectivity index is 1.49. The molecule has 1 aromatic heterocycles. The SMILES string of the molecule is O=C(Cn1cc(-c2ccccc2)cn1)Nc1ccccc1-c1ccccc1. The van der Waals surface area contributed by atoms with E-state index in [9.17, 15) is 4.79 Å². The van der Waals surface area contributed by atoms with Gasteiger partial charge in [0.25, 0.3) is 0 Å². The van der Waals surface area contributed by atoms with E-state index in [1.54, 1.807) is 10.9 Å². The molecule has 1 amide bonds. The molecule has 4 aromatic rings. The number of rotatable bonds is 5. The zero-order valence-electron chi connectivity index (χ0n) is 14.7. The van der Waals surface area contributed by atoms with Crippen molar-refractivity contribution in [2.45, 2.75) is 6.54 Å². The van der Waals surface area contributed by atoms with Gasteiger partial charge in [-0.2, -0.15) is 5.10 Å². The number of para-hydroxylation sites is 1. The first-order valence-electron chi connectivity index (χ1n) is 8.82. The van der Waals surface area contributed by atoms with Crippen LogP contribution in [0, 0.1) is 0 Å². The lowest BCUT2D eigenvalue weighted by Gasteiger charge is -2.11. The first-order chi connectivity index (χ1) is 13.3. The molecule has 0 saturated carbocycles. The lowest BCUT2D eigenvalue weighted by Crippen LogP contribution is -2.19. The minimum atomic E-state index is -0.110. The monoisotopic (exact) mass is 353 g/mol. The van der Waals surface area contributed by atoms with Crippen LogP contribution in [0.4, 0.5) is 5.69 Å². The van der Waals surface area contributed by atoms with E-state index in [-0.39, 0.29) is 12.5 Å². The predicted octanol–water partition coefficient (Wildman–Crippen LogP) is 4.86. The van der Waals surface area contributed by atoms with E-state index < -0.39 is 0 Å². The van der Waals surface area contributed by atoms with Gasteiger partial charge in [-0.25, -0.2) is 0 Å². The molecule has 0 aliphatic rings. The highest BCUT2D eigenvalue weighted by atomic mass is 16.2. The lowest BCUT2D eigenvalue weighted by molar-refractivity contribution is -0.116. The molecule has 0 bridgehead atoms. The third-order valence-electron chi connectivity index (χ3n) is 4.33. The predicted molar refractivity (Wildman–Crippen MR) is 108 cm³/mol. The Morgan fingerprint density at radius 1 is 0.778 bits per heavy atom. The van der Waals surface area contributed by atoms with E-state index in [4.69, 9.17) is 0 Å². The van der Waals surface area contributed by atoms with Gasteiger partial charge in [0.1, 0.15) is 6.54 Å². The van der Waals surface area contributed by atoms with Gasteiger partial charge in [0.05, 0.1) is 6.20 Å². The van der Waals surface area contributed by atoms with E-state index >= 15 is 0 Å². The average Bonchev–Trinajstić information content (AvgIpc) is 3.18. The van der Waals surface area contributed by atoms with E-state index in [0.29, 0.717) is 0 Å². The highest BCUT2D eigenvalue weighted by Gasteiger charge is 2.10. The number of nitrogens with one attached hydrogen (secondary N) is 1. The summed E-state index contributed by atoms with van der Waals surface area (Å²) in [4.78, 5) is 12.5. The number of hydrogen-bond acceptors (Lipinski definition) is 2. The van der Waals surface area contributed by atoms with Crippen LogP contribution >= 0.6 is 0 Å². The second-order valence-corrected chi connectivity index (χ2v) is 6.25. The summed E-state index contributed by atoms with van der Waals surface area (Å²) in [6.45, 7) is 0.163. The molecule has 0 unspecified atom stereocenters. The Bertz CT molecular complexity index is 1040. The zero-order valence-corrected chi connectivity index (χ0v) is 14.7. The molecule has 4 nitrogen and oxygen atoms in total. The van der Waals surface area contributed by atoms with Gasteiger partial charge >= 0.3 is 0 Å².